The second-order valence-corrected chi connectivity index (χ2v) is 7.42. The maximum Gasteiger partial charge on any atom is 0.270 e. The molecule has 124 valence electrons. The molecule has 1 aromatic heterocycles. The van der Waals surface area contributed by atoms with Crippen molar-refractivity contribution in [2.24, 2.45) is 0 Å². The van der Waals surface area contributed by atoms with E-state index in [1.54, 1.807) is 6.20 Å². The Morgan fingerprint density at radius 3 is 2.67 bits per heavy atom. The smallest absolute Gasteiger partial charge is 0.270 e. The quantitative estimate of drug-likeness (QED) is 0.568. The van der Waals surface area contributed by atoms with Crippen molar-refractivity contribution in [3.63, 3.8) is 0 Å². The predicted molar refractivity (Wildman–Crippen MR) is 90.0 cm³/mol. The summed E-state index contributed by atoms with van der Waals surface area (Å²) in [6.45, 7) is 0.162. The third-order valence-corrected chi connectivity index (χ3v) is 5.60. The molecular weight excluding hydrogens is 330 g/mol. The molecule has 2 aromatic carbocycles. The summed E-state index contributed by atoms with van der Waals surface area (Å²) in [5, 5.41) is 11.8. The molecule has 0 unspecified atom stereocenters. The second kappa shape index (κ2) is 6.06. The summed E-state index contributed by atoms with van der Waals surface area (Å²) in [4.78, 5) is 13.2. The third kappa shape index (κ3) is 2.89. The average molecular weight is 345 g/mol. The van der Waals surface area contributed by atoms with Gasteiger partial charge in [0.2, 0.25) is 10.0 Å². The SMILES string of the molecule is CN(Cc1c[nH]c2ccccc12)S(=O)(=O)c1cccc([N+](=O)[O-])c1. The standard InChI is InChI=1S/C16H15N3O4S/c1-18(11-12-10-17-16-8-3-2-7-15(12)16)24(22,23)14-6-4-5-13(9-14)19(20)21/h2-10,17H,11H2,1H3. The molecule has 0 aliphatic heterocycles. The second-order valence-electron chi connectivity index (χ2n) is 5.38. The van der Waals surface area contributed by atoms with Crippen molar-refractivity contribution in [1.82, 2.24) is 9.29 Å². The van der Waals surface area contributed by atoms with Crippen LogP contribution in [0.5, 0.6) is 0 Å². The summed E-state index contributed by atoms with van der Waals surface area (Å²) in [6.07, 6.45) is 1.77. The molecule has 0 amide bonds. The molecule has 3 aromatic rings. The van der Waals surface area contributed by atoms with E-state index in [-0.39, 0.29) is 17.1 Å². The Balaban J connectivity index is 1.92. The molecule has 8 heteroatoms. The maximum atomic E-state index is 12.7. The molecule has 0 saturated heterocycles. The van der Waals surface area contributed by atoms with Crippen molar-refractivity contribution in [2.75, 3.05) is 7.05 Å². The normalized spacial score (nSPS) is 11.9. The van der Waals surface area contributed by atoms with Crippen molar-refractivity contribution in [3.05, 3.63) is 70.4 Å². The first kappa shape index (κ1) is 16.2. The summed E-state index contributed by atoms with van der Waals surface area (Å²) in [6, 6.07) is 12.7. The lowest BCUT2D eigenvalue weighted by Gasteiger charge is -2.16. The van der Waals surface area contributed by atoms with Crippen molar-refractivity contribution >= 4 is 26.6 Å². The van der Waals surface area contributed by atoms with E-state index in [0.29, 0.717) is 0 Å². The van der Waals surface area contributed by atoms with Gasteiger partial charge < -0.3 is 4.98 Å². The van der Waals surface area contributed by atoms with Crippen molar-refractivity contribution in [2.45, 2.75) is 11.4 Å². The number of hydrogen-bond donors (Lipinski definition) is 1. The highest BCUT2D eigenvalue weighted by atomic mass is 32.2. The van der Waals surface area contributed by atoms with Crippen LogP contribution in [0.3, 0.4) is 0 Å². The molecule has 7 nitrogen and oxygen atoms in total. The van der Waals surface area contributed by atoms with Gasteiger partial charge in [-0.25, -0.2) is 8.42 Å². The zero-order valence-corrected chi connectivity index (χ0v) is 13.7. The number of rotatable bonds is 5. The molecule has 1 heterocycles. The molecule has 0 radical (unpaired) electrons. The van der Waals surface area contributed by atoms with Crippen LogP contribution in [0, 0.1) is 10.1 Å². The number of aromatic nitrogens is 1. The van der Waals surface area contributed by atoms with Gasteiger partial charge in [0.05, 0.1) is 9.82 Å². The third-order valence-electron chi connectivity index (χ3n) is 3.80. The summed E-state index contributed by atoms with van der Waals surface area (Å²) in [5.74, 6) is 0. The van der Waals surface area contributed by atoms with Gasteiger partial charge in [0.1, 0.15) is 0 Å². The van der Waals surface area contributed by atoms with Crippen LogP contribution in [0.25, 0.3) is 10.9 Å². The zero-order valence-electron chi connectivity index (χ0n) is 12.8. The largest absolute Gasteiger partial charge is 0.361 e. The molecule has 0 aliphatic carbocycles. The van der Waals surface area contributed by atoms with E-state index >= 15 is 0 Å². The molecule has 24 heavy (non-hydrogen) atoms. The topological polar surface area (TPSA) is 96.3 Å². The maximum absolute atomic E-state index is 12.7. The van der Waals surface area contributed by atoms with E-state index in [4.69, 9.17) is 0 Å². The first-order valence-electron chi connectivity index (χ1n) is 7.15. The van der Waals surface area contributed by atoms with E-state index in [9.17, 15) is 18.5 Å². The van der Waals surface area contributed by atoms with Crippen LogP contribution in [0.15, 0.2) is 59.6 Å². The minimum Gasteiger partial charge on any atom is -0.361 e. The van der Waals surface area contributed by atoms with Crippen LogP contribution in [0.4, 0.5) is 5.69 Å². The minimum absolute atomic E-state index is 0.0981. The highest BCUT2D eigenvalue weighted by Crippen LogP contribution is 2.24. The number of nitrogens with one attached hydrogen (secondary N) is 1. The number of nitrogens with zero attached hydrogens (tertiary/aromatic N) is 2. The minimum atomic E-state index is -3.82. The molecule has 3 rings (SSSR count). The van der Waals surface area contributed by atoms with Crippen LogP contribution in [0.2, 0.25) is 0 Å². The first-order valence-corrected chi connectivity index (χ1v) is 8.59. The summed E-state index contributed by atoms with van der Waals surface area (Å²) in [7, 11) is -2.37. The van der Waals surface area contributed by atoms with Gasteiger partial charge in [-0.1, -0.05) is 24.3 Å². The van der Waals surface area contributed by atoms with Crippen LogP contribution in [-0.2, 0) is 16.6 Å². The number of nitro benzene ring substituents is 1. The molecule has 0 aliphatic rings. The lowest BCUT2D eigenvalue weighted by atomic mass is 10.2. The Kier molecular flexibility index (Phi) is 4.08. The number of sulfonamides is 1. The first-order chi connectivity index (χ1) is 11.4. The lowest BCUT2D eigenvalue weighted by molar-refractivity contribution is -0.385. The number of para-hydroxylation sites is 1. The lowest BCUT2D eigenvalue weighted by Crippen LogP contribution is -2.26. The van der Waals surface area contributed by atoms with E-state index in [2.05, 4.69) is 4.98 Å². The van der Waals surface area contributed by atoms with Gasteiger partial charge in [-0.05, 0) is 17.7 Å². The number of benzene rings is 2. The molecule has 1 N–H and O–H groups in total. The molecule has 0 spiro atoms. The van der Waals surface area contributed by atoms with Crippen LogP contribution in [-0.4, -0.2) is 29.7 Å². The van der Waals surface area contributed by atoms with Crippen LogP contribution >= 0.6 is 0 Å². The molecule has 0 bridgehead atoms. The van der Waals surface area contributed by atoms with Gasteiger partial charge in [0.15, 0.2) is 0 Å². The van der Waals surface area contributed by atoms with E-state index in [1.165, 1.54) is 29.6 Å². The Labute approximate surface area is 138 Å². The number of nitro groups is 1. The Morgan fingerprint density at radius 2 is 1.92 bits per heavy atom. The molecule has 0 atom stereocenters. The van der Waals surface area contributed by atoms with Gasteiger partial charge >= 0.3 is 0 Å². The summed E-state index contributed by atoms with van der Waals surface area (Å²) >= 11 is 0. The fraction of sp³-hybridized carbons (Fsp3) is 0.125. The molecular formula is C16H15N3O4S. The predicted octanol–water partition coefficient (Wildman–Crippen LogP) is 2.90. The zero-order chi connectivity index (χ0) is 17.3. The van der Waals surface area contributed by atoms with Crippen molar-refractivity contribution in [1.29, 1.82) is 0 Å². The number of hydrogen-bond acceptors (Lipinski definition) is 4. The average Bonchev–Trinajstić information content (AvgIpc) is 2.98. The van der Waals surface area contributed by atoms with E-state index in [0.717, 1.165) is 22.5 Å². The van der Waals surface area contributed by atoms with Crippen LogP contribution in [0.1, 0.15) is 5.56 Å². The van der Waals surface area contributed by atoms with Crippen molar-refractivity contribution in [3.8, 4) is 0 Å². The van der Waals surface area contributed by atoms with Gasteiger partial charge in [-0.15, -0.1) is 0 Å². The Hall–Kier alpha value is -2.71. The van der Waals surface area contributed by atoms with E-state index < -0.39 is 14.9 Å². The van der Waals surface area contributed by atoms with Crippen LogP contribution < -0.4 is 0 Å². The van der Waals surface area contributed by atoms with Gasteiger partial charge in [0.25, 0.3) is 5.69 Å². The Morgan fingerprint density at radius 1 is 1.17 bits per heavy atom. The summed E-state index contributed by atoms with van der Waals surface area (Å²) in [5.41, 5.74) is 1.51. The van der Waals surface area contributed by atoms with Crippen molar-refractivity contribution < 1.29 is 13.3 Å². The van der Waals surface area contributed by atoms with Gasteiger partial charge in [-0.2, -0.15) is 4.31 Å². The van der Waals surface area contributed by atoms with Gasteiger partial charge in [-0.3, -0.25) is 10.1 Å². The number of H-pyrrole nitrogens is 1. The number of fused-ring (bicyclic) bond motifs is 1. The number of aromatic amines is 1. The van der Waals surface area contributed by atoms with E-state index in [1.807, 2.05) is 24.3 Å². The van der Waals surface area contributed by atoms with Gasteiger partial charge in [0, 0.05) is 42.8 Å². The fourth-order valence-corrected chi connectivity index (χ4v) is 3.71. The molecule has 0 fully saturated rings. The fourth-order valence-electron chi connectivity index (χ4n) is 2.52. The number of non-ortho nitro benzene ring substituents is 1. The Bertz CT molecular complexity index is 1010. The monoisotopic (exact) mass is 345 g/mol. The highest BCUT2D eigenvalue weighted by Gasteiger charge is 2.23. The molecule has 0 saturated carbocycles. The highest BCUT2D eigenvalue weighted by molar-refractivity contribution is 7.89. The summed E-state index contributed by atoms with van der Waals surface area (Å²) < 4.78 is 26.5.